The Labute approximate surface area is 84.6 Å². The lowest BCUT2D eigenvalue weighted by Gasteiger charge is -1.94. The first-order valence-electron chi connectivity index (χ1n) is 4.16. The number of nitrogens with zero attached hydrogens (tertiary/aromatic N) is 1. The zero-order chi connectivity index (χ0) is 10.8. The Morgan fingerprint density at radius 2 is 1.93 bits per heavy atom. The SMILES string of the molecule is O=C(O)c1cc(-c2ccc(O)cc2)no1. The molecule has 0 fully saturated rings. The second kappa shape index (κ2) is 3.45. The quantitative estimate of drug-likeness (QED) is 0.780. The molecule has 0 spiro atoms. The van der Waals surface area contributed by atoms with Gasteiger partial charge in [-0.15, -0.1) is 0 Å². The number of carbonyl (C=O) groups is 1. The van der Waals surface area contributed by atoms with Crippen molar-refractivity contribution < 1.29 is 19.5 Å². The van der Waals surface area contributed by atoms with E-state index in [-0.39, 0.29) is 11.5 Å². The number of carboxylic acids is 1. The molecule has 0 atom stereocenters. The van der Waals surface area contributed by atoms with Crippen LogP contribution in [0.25, 0.3) is 11.3 Å². The maximum atomic E-state index is 10.5. The minimum absolute atomic E-state index is 0.140. The Bertz CT molecular complexity index is 486. The minimum atomic E-state index is -1.16. The van der Waals surface area contributed by atoms with Gasteiger partial charge in [-0.25, -0.2) is 4.79 Å². The standard InChI is InChI=1S/C10H7NO4/c12-7-3-1-6(2-4-7)8-5-9(10(13)14)15-11-8/h1-5,12H,(H,13,14). The Kier molecular flexibility index (Phi) is 2.13. The number of benzene rings is 1. The highest BCUT2D eigenvalue weighted by atomic mass is 16.5. The second-order valence-corrected chi connectivity index (χ2v) is 2.93. The van der Waals surface area contributed by atoms with Gasteiger partial charge in [0.2, 0.25) is 5.76 Å². The number of hydrogen-bond acceptors (Lipinski definition) is 4. The smallest absolute Gasteiger partial charge is 0.374 e. The van der Waals surface area contributed by atoms with E-state index in [9.17, 15) is 4.79 Å². The fraction of sp³-hybridized carbons (Fsp3) is 0. The van der Waals surface area contributed by atoms with Crippen LogP contribution in [0.4, 0.5) is 0 Å². The summed E-state index contributed by atoms with van der Waals surface area (Å²) in [6.45, 7) is 0. The third-order valence-electron chi connectivity index (χ3n) is 1.88. The van der Waals surface area contributed by atoms with Gasteiger partial charge in [-0.05, 0) is 24.3 Å². The fourth-order valence-electron chi connectivity index (χ4n) is 1.14. The lowest BCUT2D eigenvalue weighted by molar-refractivity contribution is 0.0652. The summed E-state index contributed by atoms with van der Waals surface area (Å²) in [5.74, 6) is -1.23. The summed E-state index contributed by atoms with van der Waals surface area (Å²) in [4.78, 5) is 10.5. The van der Waals surface area contributed by atoms with Crippen LogP contribution < -0.4 is 0 Å². The molecule has 15 heavy (non-hydrogen) atoms. The molecule has 0 unspecified atom stereocenters. The van der Waals surface area contributed by atoms with Crippen LogP contribution in [0, 0.1) is 0 Å². The second-order valence-electron chi connectivity index (χ2n) is 2.93. The Morgan fingerprint density at radius 3 is 2.47 bits per heavy atom. The van der Waals surface area contributed by atoms with E-state index >= 15 is 0 Å². The van der Waals surface area contributed by atoms with Crippen molar-refractivity contribution in [3.8, 4) is 17.0 Å². The van der Waals surface area contributed by atoms with Gasteiger partial charge < -0.3 is 14.7 Å². The van der Waals surface area contributed by atoms with E-state index in [4.69, 9.17) is 10.2 Å². The number of aromatic carboxylic acids is 1. The van der Waals surface area contributed by atoms with Gasteiger partial charge in [-0.2, -0.15) is 0 Å². The van der Waals surface area contributed by atoms with Crippen LogP contribution in [0.1, 0.15) is 10.6 Å². The van der Waals surface area contributed by atoms with Crippen LogP contribution in [0.15, 0.2) is 34.9 Å². The monoisotopic (exact) mass is 205 g/mol. The van der Waals surface area contributed by atoms with E-state index < -0.39 is 5.97 Å². The number of aromatic hydroxyl groups is 1. The molecule has 0 bridgehead atoms. The van der Waals surface area contributed by atoms with Crippen molar-refractivity contribution in [1.29, 1.82) is 0 Å². The number of phenols is 1. The summed E-state index contributed by atoms with van der Waals surface area (Å²) in [6, 6.07) is 7.56. The minimum Gasteiger partial charge on any atom is -0.508 e. The summed E-state index contributed by atoms with van der Waals surface area (Å²) < 4.78 is 4.60. The van der Waals surface area contributed by atoms with Crippen LogP contribution in [-0.4, -0.2) is 21.3 Å². The molecule has 2 N–H and O–H groups in total. The van der Waals surface area contributed by atoms with E-state index in [1.165, 1.54) is 18.2 Å². The van der Waals surface area contributed by atoms with Crippen molar-refractivity contribution in [2.45, 2.75) is 0 Å². The van der Waals surface area contributed by atoms with E-state index in [2.05, 4.69) is 9.68 Å². The van der Waals surface area contributed by atoms with Crippen molar-refractivity contribution >= 4 is 5.97 Å². The molecule has 0 aliphatic carbocycles. The zero-order valence-corrected chi connectivity index (χ0v) is 7.54. The molecule has 5 heteroatoms. The van der Waals surface area contributed by atoms with Gasteiger partial charge >= 0.3 is 5.97 Å². The molecule has 1 aromatic carbocycles. The molecule has 2 aromatic rings. The zero-order valence-electron chi connectivity index (χ0n) is 7.54. The van der Waals surface area contributed by atoms with Crippen molar-refractivity contribution in [2.24, 2.45) is 0 Å². The highest BCUT2D eigenvalue weighted by Gasteiger charge is 2.11. The summed E-state index contributed by atoms with van der Waals surface area (Å²) in [5, 5.41) is 21.3. The molecule has 0 amide bonds. The van der Waals surface area contributed by atoms with Crippen molar-refractivity contribution in [1.82, 2.24) is 5.16 Å². The molecule has 0 saturated heterocycles. The largest absolute Gasteiger partial charge is 0.508 e. The Morgan fingerprint density at radius 1 is 1.27 bits per heavy atom. The van der Waals surface area contributed by atoms with Crippen LogP contribution in [-0.2, 0) is 0 Å². The highest BCUT2D eigenvalue weighted by molar-refractivity contribution is 5.85. The first-order valence-corrected chi connectivity index (χ1v) is 4.16. The molecular formula is C10H7NO4. The lowest BCUT2D eigenvalue weighted by Crippen LogP contribution is -1.91. The van der Waals surface area contributed by atoms with Gasteiger partial charge in [0.1, 0.15) is 11.4 Å². The number of carboxylic acid groups (broad SMARTS) is 1. The molecule has 76 valence electrons. The average Bonchev–Trinajstić information content (AvgIpc) is 2.68. The van der Waals surface area contributed by atoms with Gasteiger partial charge in [0.25, 0.3) is 0 Å². The van der Waals surface area contributed by atoms with Crippen LogP contribution in [0.3, 0.4) is 0 Å². The van der Waals surface area contributed by atoms with Gasteiger partial charge in [-0.3, -0.25) is 0 Å². The van der Waals surface area contributed by atoms with Gasteiger partial charge in [0.05, 0.1) is 0 Å². The third-order valence-corrected chi connectivity index (χ3v) is 1.88. The van der Waals surface area contributed by atoms with Crippen LogP contribution >= 0.6 is 0 Å². The van der Waals surface area contributed by atoms with Crippen molar-refractivity contribution in [3.05, 3.63) is 36.1 Å². The predicted molar refractivity (Wildman–Crippen MR) is 50.6 cm³/mol. The maximum absolute atomic E-state index is 10.5. The number of aromatic nitrogens is 1. The molecule has 1 aromatic heterocycles. The molecule has 5 nitrogen and oxygen atoms in total. The lowest BCUT2D eigenvalue weighted by atomic mass is 10.1. The molecule has 0 radical (unpaired) electrons. The van der Waals surface area contributed by atoms with Crippen molar-refractivity contribution in [3.63, 3.8) is 0 Å². The molecular weight excluding hydrogens is 198 g/mol. The highest BCUT2D eigenvalue weighted by Crippen LogP contribution is 2.21. The van der Waals surface area contributed by atoms with Crippen LogP contribution in [0.2, 0.25) is 0 Å². The maximum Gasteiger partial charge on any atom is 0.374 e. The first kappa shape index (κ1) is 9.26. The molecule has 2 rings (SSSR count). The fourth-order valence-corrected chi connectivity index (χ4v) is 1.14. The molecule has 0 aliphatic heterocycles. The number of hydrogen-bond donors (Lipinski definition) is 2. The summed E-state index contributed by atoms with van der Waals surface area (Å²) in [6.07, 6.45) is 0. The number of rotatable bonds is 2. The van der Waals surface area contributed by atoms with Gasteiger partial charge in [0, 0.05) is 11.6 Å². The average molecular weight is 205 g/mol. The van der Waals surface area contributed by atoms with Gasteiger partial charge in [0.15, 0.2) is 0 Å². The van der Waals surface area contributed by atoms with E-state index in [1.807, 2.05) is 0 Å². The summed E-state index contributed by atoms with van der Waals surface area (Å²) >= 11 is 0. The first-order chi connectivity index (χ1) is 7.16. The topological polar surface area (TPSA) is 83.6 Å². The third kappa shape index (κ3) is 1.80. The number of phenolic OH excluding ortho intramolecular Hbond substituents is 1. The van der Waals surface area contributed by atoms with Crippen molar-refractivity contribution in [2.75, 3.05) is 0 Å². The predicted octanol–water partition coefficient (Wildman–Crippen LogP) is 1.75. The van der Waals surface area contributed by atoms with Gasteiger partial charge in [-0.1, -0.05) is 5.16 Å². The summed E-state index contributed by atoms with van der Waals surface area (Å²) in [5.41, 5.74) is 1.11. The van der Waals surface area contributed by atoms with E-state index in [1.54, 1.807) is 12.1 Å². The Balaban J connectivity index is 2.37. The van der Waals surface area contributed by atoms with E-state index in [0.717, 1.165) is 0 Å². The van der Waals surface area contributed by atoms with Crippen LogP contribution in [0.5, 0.6) is 5.75 Å². The molecule has 1 heterocycles. The molecule has 0 saturated carbocycles. The normalized spacial score (nSPS) is 10.1. The summed E-state index contributed by atoms with van der Waals surface area (Å²) in [7, 11) is 0. The molecule has 0 aliphatic rings. The Hall–Kier alpha value is -2.30. The van der Waals surface area contributed by atoms with E-state index in [0.29, 0.717) is 11.3 Å².